The standard InChI is InChI=1S/C15H10Cl2N2OS/c1-8-5-6-11-12(7-8)21-15(18-11)19-14(20)9-3-2-4-10(16)13(9)17/h2-7H,1H3,(H,18,19,20). The molecule has 3 nitrogen and oxygen atoms in total. The first-order valence-electron chi connectivity index (χ1n) is 6.17. The normalized spacial score (nSPS) is 10.8. The third kappa shape index (κ3) is 2.88. The number of halogens is 2. The van der Waals surface area contributed by atoms with Crippen LogP contribution in [0.5, 0.6) is 0 Å². The molecule has 0 spiro atoms. The van der Waals surface area contributed by atoms with Gasteiger partial charge >= 0.3 is 0 Å². The molecule has 0 atom stereocenters. The molecule has 2 aromatic carbocycles. The number of hydrogen-bond donors (Lipinski definition) is 1. The molecule has 0 saturated heterocycles. The van der Waals surface area contributed by atoms with Crippen molar-refractivity contribution < 1.29 is 4.79 Å². The summed E-state index contributed by atoms with van der Waals surface area (Å²) < 4.78 is 1.03. The van der Waals surface area contributed by atoms with Crippen LogP contribution in [0.15, 0.2) is 36.4 Å². The van der Waals surface area contributed by atoms with E-state index < -0.39 is 0 Å². The largest absolute Gasteiger partial charge is 0.298 e. The highest BCUT2D eigenvalue weighted by atomic mass is 35.5. The van der Waals surface area contributed by atoms with Crippen LogP contribution in [0.4, 0.5) is 5.13 Å². The van der Waals surface area contributed by atoms with Crippen molar-refractivity contribution in [3.63, 3.8) is 0 Å². The molecule has 0 saturated carbocycles. The van der Waals surface area contributed by atoms with E-state index in [1.54, 1.807) is 18.2 Å². The fraction of sp³-hybridized carbons (Fsp3) is 0.0667. The van der Waals surface area contributed by atoms with Crippen LogP contribution in [0.3, 0.4) is 0 Å². The minimum Gasteiger partial charge on any atom is -0.298 e. The molecule has 106 valence electrons. The Hall–Kier alpha value is -1.62. The van der Waals surface area contributed by atoms with Crippen molar-refractivity contribution >= 4 is 55.8 Å². The Bertz CT molecular complexity index is 845. The van der Waals surface area contributed by atoms with Gasteiger partial charge in [-0.3, -0.25) is 10.1 Å². The van der Waals surface area contributed by atoms with Crippen molar-refractivity contribution in [3.8, 4) is 0 Å². The maximum absolute atomic E-state index is 12.2. The molecule has 0 radical (unpaired) electrons. The first kappa shape index (κ1) is 14.3. The molecular weight excluding hydrogens is 327 g/mol. The number of fused-ring (bicyclic) bond motifs is 1. The molecule has 3 aromatic rings. The van der Waals surface area contributed by atoms with Gasteiger partial charge in [0.2, 0.25) is 0 Å². The van der Waals surface area contributed by atoms with Gasteiger partial charge in [-0.15, -0.1) is 0 Å². The molecule has 6 heteroatoms. The average molecular weight is 337 g/mol. The number of aromatic nitrogens is 1. The first-order chi connectivity index (χ1) is 10.0. The number of amides is 1. The van der Waals surface area contributed by atoms with Gasteiger partial charge in [0, 0.05) is 0 Å². The van der Waals surface area contributed by atoms with Crippen LogP contribution >= 0.6 is 34.5 Å². The number of thiazole rings is 1. The van der Waals surface area contributed by atoms with Crippen molar-refractivity contribution in [1.29, 1.82) is 0 Å². The van der Waals surface area contributed by atoms with Crippen LogP contribution in [-0.4, -0.2) is 10.9 Å². The molecule has 21 heavy (non-hydrogen) atoms. The molecule has 0 aliphatic rings. The summed E-state index contributed by atoms with van der Waals surface area (Å²) in [4.78, 5) is 16.6. The quantitative estimate of drug-likeness (QED) is 0.701. The first-order valence-corrected chi connectivity index (χ1v) is 7.74. The zero-order valence-electron chi connectivity index (χ0n) is 11.0. The van der Waals surface area contributed by atoms with Crippen molar-refractivity contribution in [2.45, 2.75) is 6.92 Å². The summed E-state index contributed by atoms with van der Waals surface area (Å²) in [5.41, 5.74) is 2.35. The predicted molar refractivity (Wildman–Crippen MR) is 88.8 cm³/mol. The average Bonchev–Trinajstić information content (AvgIpc) is 2.83. The van der Waals surface area contributed by atoms with E-state index in [0.29, 0.717) is 15.7 Å². The van der Waals surface area contributed by atoms with Crippen LogP contribution < -0.4 is 5.32 Å². The maximum Gasteiger partial charge on any atom is 0.259 e. The highest BCUT2D eigenvalue weighted by Crippen LogP contribution is 2.29. The molecule has 3 rings (SSSR count). The Kier molecular flexibility index (Phi) is 3.85. The fourth-order valence-electron chi connectivity index (χ4n) is 1.93. The van der Waals surface area contributed by atoms with E-state index in [1.807, 2.05) is 25.1 Å². The summed E-state index contributed by atoms with van der Waals surface area (Å²) >= 11 is 13.4. The van der Waals surface area contributed by atoms with E-state index >= 15 is 0 Å². The molecule has 1 N–H and O–H groups in total. The van der Waals surface area contributed by atoms with E-state index in [4.69, 9.17) is 23.2 Å². The molecule has 1 heterocycles. The number of nitrogens with zero attached hydrogens (tertiary/aromatic N) is 1. The Balaban J connectivity index is 1.91. The van der Waals surface area contributed by atoms with Crippen LogP contribution in [0.1, 0.15) is 15.9 Å². The molecular formula is C15H10Cl2N2OS. The zero-order valence-corrected chi connectivity index (χ0v) is 13.3. The number of benzene rings is 2. The van der Waals surface area contributed by atoms with Crippen molar-refractivity contribution in [2.75, 3.05) is 5.32 Å². The summed E-state index contributed by atoms with van der Waals surface area (Å²) in [6, 6.07) is 10.9. The van der Waals surface area contributed by atoms with Crippen molar-refractivity contribution in [2.24, 2.45) is 0 Å². The highest BCUT2D eigenvalue weighted by molar-refractivity contribution is 7.22. The summed E-state index contributed by atoms with van der Waals surface area (Å²) in [5, 5.41) is 3.89. The summed E-state index contributed by atoms with van der Waals surface area (Å²) in [6.07, 6.45) is 0. The lowest BCUT2D eigenvalue weighted by Gasteiger charge is -2.04. The van der Waals surface area contributed by atoms with E-state index in [2.05, 4.69) is 10.3 Å². The second kappa shape index (κ2) is 5.64. The lowest BCUT2D eigenvalue weighted by atomic mass is 10.2. The van der Waals surface area contributed by atoms with Gasteiger partial charge in [-0.25, -0.2) is 4.98 Å². The third-order valence-electron chi connectivity index (χ3n) is 2.96. The summed E-state index contributed by atoms with van der Waals surface area (Å²) in [6.45, 7) is 2.02. The molecule has 1 aromatic heterocycles. The maximum atomic E-state index is 12.2. The number of carbonyl (C=O) groups is 1. The van der Waals surface area contributed by atoms with Gasteiger partial charge in [-0.05, 0) is 36.8 Å². The highest BCUT2D eigenvalue weighted by Gasteiger charge is 2.14. The lowest BCUT2D eigenvalue weighted by Crippen LogP contribution is -2.12. The number of rotatable bonds is 2. The minimum atomic E-state index is -0.321. The van der Waals surface area contributed by atoms with E-state index in [-0.39, 0.29) is 10.9 Å². The Morgan fingerprint density at radius 1 is 1.24 bits per heavy atom. The van der Waals surface area contributed by atoms with Crippen LogP contribution in [-0.2, 0) is 0 Å². The van der Waals surface area contributed by atoms with Crippen LogP contribution in [0, 0.1) is 6.92 Å². The molecule has 0 aliphatic heterocycles. The van der Waals surface area contributed by atoms with Gasteiger partial charge in [0.05, 0.1) is 25.8 Å². The van der Waals surface area contributed by atoms with Gasteiger partial charge < -0.3 is 0 Å². The van der Waals surface area contributed by atoms with Gasteiger partial charge in [0.1, 0.15) is 0 Å². The monoisotopic (exact) mass is 336 g/mol. The van der Waals surface area contributed by atoms with Crippen LogP contribution in [0.25, 0.3) is 10.2 Å². The summed E-state index contributed by atoms with van der Waals surface area (Å²) in [7, 11) is 0. The fourth-order valence-corrected chi connectivity index (χ4v) is 3.27. The van der Waals surface area contributed by atoms with E-state index in [0.717, 1.165) is 15.8 Å². The second-order valence-corrected chi connectivity index (χ2v) is 6.36. The van der Waals surface area contributed by atoms with E-state index in [1.165, 1.54) is 11.3 Å². The Morgan fingerprint density at radius 2 is 2.05 bits per heavy atom. The van der Waals surface area contributed by atoms with Gasteiger partial charge in [-0.1, -0.05) is 46.7 Å². The van der Waals surface area contributed by atoms with Crippen LogP contribution in [0.2, 0.25) is 10.0 Å². The number of carbonyl (C=O) groups excluding carboxylic acids is 1. The second-order valence-electron chi connectivity index (χ2n) is 4.55. The number of hydrogen-bond acceptors (Lipinski definition) is 3. The van der Waals surface area contributed by atoms with Gasteiger partial charge in [0.25, 0.3) is 5.91 Å². The number of aryl methyl sites for hydroxylation is 1. The minimum absolute atomic E-state index is 0.244. The molecule has 0 unspecified atom stereocenters. The predicted octanol–water partition coefficient (Wildman–Crippen LogP) is 5.16. The number of nitrogens with one attached hydrogen (secondary N) is 1. The Morgan fingerprint density at radius 3 is 2.86 bits per heavy atom. The SMILES string of the molecule is Cc1ccc2nc(NC(=O)c3cccc(Cl)c3Cl)sc2c1. The summed E-state index contributed by atoms with van der Waals surface area (Å²) in [5.74, 6) is -0.321. The van der Waals surface area contributed by atoms with E-state index in [9.17, 15) is 4.79 Å². The van der Waals surface area contributed by atoms with Gasteiger partial charge in [0.15, 0.2) is 5.13 Å². The lowest BCUT2D eigenvalue weighted by molar-refractivity contribution is 0.102. The van der Waals surface area contributed by atoms with Gasteiger partial charge in [-0.2, -0.15) is 0 Å². The van der Waals surface area contributed by atoms with Crippen molar-refractivity contribution in [1.82, 2.24) is 4.98 Å². The smallest absolute Gasteiger partial charge is 0.259 e. The zero-order chi connectivity index (χ0) is 15.0. The number of anilines is 1. The topological polar surface area (TPSA) is 42.0 Å². The molecule has 0 aliphatic carbocycles. The molecule has 0 bridgehead atoms. The molecule has 1 amide bonds. The Labute approximate surface area is 135 Å². The van der Waals surface area contributed by atoms with Crippen molar-refractivity contribution in [3.05, 3.63) is 57.6 Å². The molecule has 0 fully saturated rings. The third-order valence-corrected chi connectivity index (χ3v) is 4.71.